The fraction of sp³-hybridized carbons (Fsp3) is 0.392. The molecule has 0 atom stereocenters. The van der Waals surface area contributed by atoms with Gasteiger partial charge in [-0.15, -0.1) is 171 Å². The van der Waals surface area contributed by atoms with E-state index in [1.165, 1.54) is 188 Å². The molecule has 127 heavy (non-hydrogen) atoms. The van der Waals surface area contributed by atoms with Crippen LogP contribution in [-0.2, 0) is 19.0 Å². The Balaban J connectivity index is 0.000000151. The van der Waals surface area contributed by atoms with E-state index in [0.29, 0.717) is 26.1 Å². The number of aldehydes is 2. The van der Waals surface area contributed by atoms with Gasteiger partial charge in [0.25, 0.3) is 0 Å². The predicted octanol–water partition coefficient (Wildman–Crippen LogP) is 30.8. The molecular weight excluding hydrogens is 1920 g/mol. The van der Waals surface area contributed by atoms with Gasteiger partial charge in [-0.2, -0.15) is 0 Å². The van der Waals surface area contributed by atoms with Crippen LogP contribution in [0.25, 0.3) is 55.7 Å². The zero-order valence-corrected chi connectivity index (χ0v) is 85.6. The number of alkyl halides is 5. The Morgan fingerprint density at radius 2 is 0.591 bits per heavy atom. The zero-order valence-electron chi connectivity index (χ0n) is 72.9. The molecule has 0 radical (unpaired) electrons. The number of Topliss-reactive ketones (excluding diaryl/α,β-unsaturated/α-hetero) is 4. The summed E-state index contributed by atoms with van der Waals surface area (Å²) in [5.74, 6) is -2.23. The second-order valence-electron chi connectivity index (χ2n) is 32.0. The maximum Gasteiger partial charge on any atom is 0.345 e. The van der Waals surface area contributed by atoms with E-state index in [9.17, 15) is 53.4 Å². The van der Waals surface area contributed by atoms with Crippen molar-refractivity contribution in [2.45, 2.75) is 193 Å². The molecule has 5 aliphatic carbocycles. The van der Waals surface area contributed by atoms with Gasteiger partial charge in [0, 0.05) is 54.2 Å². The van der Waals surface area contributed by atoms with E-state index in [2.05, 4.69) is 72.3 Å². The number of carbonyl (C=O) groups is 9. The first kappa shape index (κ1) is 101. The van der Waals surface area contributed by atoms with Crippen molar-refractivity contribution in [3.05, 3.63) is 213 Å². The molecule has 11 heterocycles. The SMILES string of the molecule is CCOC(=O)CCl.Cc1sc(C(=O)O)cc1C1=C(c2cc(C(=O)CCl)sc2C)CCC1.Cc1sc(C(=O)O)cc1C1=C(c2cc(C(=O)CCl)sc2C)CCC1.Cc1sc(C=O)cc1C1=C(c2cc(C(=O)CCl)sc2C)CCC1.Cc1sc(C=O)cc1C1=C(c2cc(C(=O)CCl)sc2C)CCC1.Cc1sc(Cl)cc1C1=C(c2cc(C3OCC(C)(C)CO3)sc2C)CCC1. The second kappa shape index (κ2) is 46.0. The average Bonchev–Trinajstić information content (AvgIpc) is 1.65. The van der Waals surface area contributed by atoms with Crippen molar-refractivity contribution in [3.63, 3.8) is 0 Å². The number of halogens is 6. The lowest BCUT2D eigenvalue weighted by Gasteiger charge is -2.34. The van der Waals surface area contributed by atoms with Gasteiger partial charge in [0.15, 0.2) is 42.0 Å². The summed E-state index contributed by atoms with van der Waals surface area (Å²) >= 11 is 49.3. The maximum atomic E-state index is 11.9. The number of hydrogen-bond donors (Lipinski definition) is 2. The molecule has 6 aliphatic rings. The van der Waals surface area contributed by atoms with E-state index >= 15 is 0 Å². The van der Waals surface area contributed by atoms with E-state index in [4.69, 9.17) is 79.1 Å². The first-order valence-corrected chi connectivity index (χ1v) is 52.8. The number of thiophene rings is 10. The molecule has 1 aliphatic heterocycles. The van der Waals surface area contributed by atoms with Crippen LogP contribution in [0.1, 0.15) is 310 Å². The van der Waals surface area contributed by atoms with Crippen LogP contribution < -0.4 is 0 Å². The Labute approximate surface area is 812 Å². The van der Waals surface area contributed by atoms with Crippen molar-refractivity contribution in [2.75, 3.05) is 49.2 Å². The highest BCUT2D eigenvalue weighted by Crippen LogP contribution is 2.52. The largest absolute Gasteiger partial charge is 0.477 e. The zero-order chi connectivity index (χ0) is 92.2. The molecule has 10 aromatic rings. The number of allylic oxidation sites excluding steroid dienone is 10. The molecule has 30 heteroatoms. The molecule has 14 nitrogen and oxygen atoms in total. The molecule has 2 N–H and O–H groups in total. The standard InChI is InChI=1S/C21H25ClO2S2.2C18H17ClO3S2.2C18H17ClO2S2.C4H7ClO2/c1-12-16(8-18(25-12)20-23-10-21(3,4)11-24-20)14-6-5-7-15(14)17-9-19(22)26-13(17)2;2*1-9-13(6-16(23-9)15(20)8-19)11-4-3-5-12(11)14-7-17(18(21)22)24-10(14)2;2*1-10-15(6-12(9-20)22-10)13-4-3-5-14(13)16-7-18(17(21)8-19)23-11(16)2;1-2-7-4(6)3-5/h8-9,20H,5-7,10-11H2,1-4H3;2*6-7H,3-5,8H2,1-2H3,(H,21,22);2*6-7,9H,3-5,8H2,1-2H3;2-3H2,1H3. The molecule has 0 aromatic carbocycles. The molecule has 0 amide bonds. The van der Waals surface area contributed by atoms with Gasteiger partial charge in [0.05, 0.1) is 81.8 Å². The number of ether oxygens (including phenoxy) is 3. The highest BCUT2D eigenvalue weighted by molar-refractivity contribution is 7.17. The van der Waals surface area contributed by atoms with Gasteiger partial charge in [-0.25, -0.2) is 9.59 Å². The fourth-order valence-electron chi connectivity index (χ4n) is 16.9. The Hall–Kier alpha value is -6.21. The van der Waals surface area contributed by atoms with Crippen LogP contribution in [0.4, 0.5) is 0 Å². The number of carboxylic acids is 2. The summed E-state index contributed by atoms with van der Waals surface area (Å²) in [6, 6.07) is 19.9. The average molecular weight is 2020 g/mol. The van der Waals surface area contributed by atoms with Crippen molar-refractivity contribution in [1.29, 1.82) is 0 Å². The molecule has 1 saturated heterocycles. The number of ketones is 4. The van der Waals surface area contributed by atoms with E-state index in [-0.39, 0.29) is 70.2 Å². The quantitative estimate of drug-likeness (QED) is 0.0235. The summed E-state index contributed by atoms with van der Waals surface area (Å²) in [6.07, 6.45) is 17.3. The van der Waals surface area contributed by atoms with Crippen molar-refractivity contribution >= 4 is 292 Å². The maximum absolute atomic E-state index is 11.9. The summed E-state index contributed by atoms with van der Waals surface area (Å²) in [7, 11) is 0. The van der Waals surface area contributed by atoms with Crippen LogP contribution in [0.3, 0.4) is 0 Å². The van der Waals surface area contributed by atoms with Crippen LogP contribution in [0.15, 0.2) is 60.7 Å². The number of rotatable bonds is 25. The summed E-state index contributed by atoms with van der Waals surface area (Å²) < 4.78 is 17.3. The number of esters is 1. The number of aromatic carboxylic acids is 2. The minimum Gasteiger partial charge on any atom is -0.477 e. The number of aryl methyl sites for hydroxylation is 10. The predicted molar refractivity (Wildman–Crippen MR) is 540 cm³/mol. The lowest BCUT2D eigenvalue weighted by Crippen LogP contribution is -2.33. The lowest BCUT2D eigenvalue weighted by molar-refractivity contribution is -0.224. The molecule has 1 fully saturated rings. The van der Waals surface area contributed by atoms with Gasteiger partial charge in [-0.05, 0) is 345 Å². The molecule has 674 valence electrons. The van der Waals surface area contributed by atoms with E-state index in [1.54, 1.807) is 64.4 Å². The van der Waals surface area contributed by atoms with Gasteiger partial charge in [-0.3, -0.25) is 33.6 Å². The van der Waals surface area contributed by atoms with Gasteiger partial charge >= 0.3 is 17.9 Å². The molecule has 10 aromatic heterocycles. The van der Waals surface area contributed by atoms with E-state index in [0.717, 1.165) is 191 Å². The first-order chi connectivity index (χ1) is 60.6. The first-order valence-electron chi connectivity index (χ1n) is 41.6. The van der Waals surface area contributed by atoms with Gasteiger partial charge < -0.3 is 24.4 Å². The number of carbonyl (C=O) groups excluding carboxylic acids is 7. The molecule has 0 saturated carbocycles. The van der Waals surface area contributed by atoms with Gasteiger partial charge in [0.2, 0.25) is 0 Å². The van der Waals surface area contributed by atoms with Crippen LogP contribution in [0, 0.1) is 74.7 Å². The van der Waals surface area contributed by atoms with E-state index in [1.807, 2.05) is 64.1 Å². The molecule has 0 bridgehead atoms. The summed E-state index contributed by atoms with van der Waals surface area (Å²) in [5.41, 5.74) is 25.1. The van der Waals surface area contributed by atoms with Crippen LogP contribution in [0.5, 0.6) is 0 Å². The monoisotopic (exact) mass is 2020 g/mol. The molecule has 16 rings (SSSR count). The normalized spacial score (nSPS) is 15.5. The van der Waals surface area contributed by atoms with Crippen molar-refractivity contribution < 1.29 is 67.6 Å². The number of carboxylic acid groups (broad SMARTS) is 2. The van der Waals surface area contributed by atoms with Crippen molar-refractivity contribution in [2.24, 2.45) is 5.41 Å². The fourth-order valence-corrected chi connectivity index (χ4v) is 27.5. The van der Waals surface area contributed by atoms with Crippen LogP contribution in [0.2, 0.25) is 4.34 Å². The van der Waals surface area contributed by atoms with Crippen molar-refractivity contribution in [3.8, 4) is 0 Å². The smallest absolute Gasteiger partial charge is 0.345 e. The molecular formula is C97H100Cl6O14S10. The number of hydrogen-bond acceptors (Lipinski definition) is 22. The summed E-state index contributed by atoms with van der Waals surface area (Å²) in [4.78, 5) is 120. The van der Waals surface area contributed by atoms with Crippen LogP contribution >= 0.6 is 183 Å². The molecule has 0 unspecified atom stereocenters. The molecule has 0 spiro atoms. The summed E-state index contributed by atoms with van der Waals surface area (Å²) in [5, 5.41) is 18.5. The summed E-state index contributed by atoms with van der Waals surface area (Å²) in [6.45, 7) is 28.6. The topological polar surface area (TPSA) is 222 Å². The second-order valence-corrected chi connectivity index (χ2v) is 46.7. The Bertz CT molecular complexity index is 5720. The van der Waals surface area contributed by atoms with E-state index < -0.39 is 11.9 Å². The lowest BCUT2D eigenvalue weighted by atomic mass is 9.95. The van der Waals surface area contributed by atoms with Crippen molar-refractivity contribution in [1.82, 2.24) is 0 Å². The minimum atomic E-state index is -0.879. The minimum absolute atomic E-state index is 0.00307. The Morgan fingerprint density at radius 3 is 0.811 bits per heavy atom. The third kappa shape index (κ3) is 24.4. The highest BCUT2D eigenvalue weighted by atomic mass is 35.5. The van der Waals surface area contributed by atoms with Gasteiger partial charge in [-0.1, -0.05) is 25.4 Å². The third-order valence-corrected chi connectivity index (χ3v) is 34.5. The van der Waals surface area contributed by atoms with Crippen LogP contribution in [-0.4, -0.2) is 113 Å². The third-order valence-electron chi connectivity index (χ3n) is 22.7. The van der Waals surface area contributed by atoms with Gasteiger partial charge in [0.1, 0.15) is 15.6 Å². The highest BCUT2D eigenvalue weighted by Gasteiger charge is 2.34. The Morgan fingerprint density at radius 1 is 0.354 bits per heavy atom. The Kier molecular flexibility index (Phi) is 36.7.